The van der Waals surface area contributed by atoms with Gasteiger partial charge < -0.3 is 18.9 Å². The molecule has 0 bridgehead atoms. The number of ether oxygens (including phenoxy) is 4. The molecule has 0 unspecified atom stereocenters. The van der Waals surface area contributed by atoms with Gasteiger partial charge in [-0.25, -0.2) is 9.59 Å². The number of carbonyl (C=O) groups is 2. The van der Waals surface area contributed by atoms with E-state index in [1.807, 2.05) is 36.4 Å². The lowest BCUT2D eigenvalue weighted by atomic mass is 10.1. The van der Waals surface area contributed by atoms with Gasteiger partial charge in [0.25, 0.3) is 0 Å². The molecule has 2 aromatic carbocycles. The van der Waals surface area contributed by atoms with E-state index >= 15 is 0 Å². The number of nitrogens with zero attached hydrogens (tertiary/aromatic N) is 1. The van der Waals surface area contributed by atoms with E-state index in [4.69, 9.17) is 18.9 Å². The van der Waals surface area contributed by atoms with Gasteiger partial charge in [-0.1, -0.05) is 36.4 Å². The number of esters is 1. The van der Waals surface area contributed by atoms with Crippen LogP contribution in [0.1, 0.15) is 18.1 Å². The molecule has 0 heterocycles. The van der Waals surface area contributed by atoms with Crippen LogP contribution in [0.5, 0.6) is 11.5 Å². The molecule has 7 nitrogen and oxygen atoms in total. The minimum atomic E-state index is -0.882. The van der Waals surface area contributed by atoms with Gasteiger partial charge in [0.05, 0.1) is 20.3 Å². The molecule has 2 rings (SSSR count). The second-order valence-corrected chi connectivity index (χ2v) is 5.74. The van der Waals surface area contributed by atoms with E-state index in [1.54, 1.807) is 19.1 Å². The fourth-order valence-electron chi connectivity index (χ4n) is 2.39. The van der Waals surface area contributed by atoms with Crippen molar-refractivity contribution >= 4 is 18.2 Å². The number of carbonyl (C=O) groups excluding carboxylic acids is 2. The Labute approximate surface area is 169 Å². The van der Waals surface area contributed by atoms with Crippen molar-refractivity contribution in [1.29, 1.82) is 5.26 Å². The molecule has 0 aliphatic carbocycles. The smallest absolute Gasteiger partial charge is 0.493 e. The van der Waals surface area contributed by atoms with Crippen molar-refractivity contribution in [3.8, 4) is 17.6 Å². The average Bonchev–Trinajstić information content (AvgIpc) is 2.73. The Morgan fingerprint density at radius 1 is 1.07 bits per heavy atom. The monoisotopic (exact) mass is 395 g/mol. The third-order valence-electron chi connectivity index (χ3n) is 3.76. The van der Waals surface area contributed by atoms with Gasteiger partial charge in [-0.2, -0.15) is 5.26 Å². The molecule has 0 spiro atoms. The summed E-state index contributed by atoms with van der Waals surface area (Å²) in [6.07, 6.45) is 1.01. The van der Waals surface area contributed by atoms with Crippen molar-refractivity contribution in [1.82, 2.24) is 0 Å². The number of methoxy groups -OCH3 is 1. The van der Waals surface area contributed by atoms with Gasteiger partial charge in [0.2, 0.25) is 0 Å². The summed E-state index contributed by atoms with van der Waals surface area (Å²) < 4.78 is 20.2. The largest absolute Gasteiger partial charge is 0.513 e. The van der Waals surface area contributed by atoms with Gasteiger partial charge in [-0.3, -0.25) is 0 Å². The normalized spacial score (nSPS) is 10.6. The summed E-state index contributed by atoms with van der Waals surface area (Å²) in [4.78, 5) is 23.8. The predicted octanol–water partition coefficient (Wildman–Crippen LogP) is 3.92. The maximum atomic E-state index is 12.2. The molecular weight excluding hydrogens is 374 g/mol. The number of nitriles is 1. The van der Waals surface area contributed by atoms with Crippen LogP contribution in [0.4, 0.5) is 4.79 Å². The lowest BCUT2D eigenvalue weighted by molar-refractivity contribution is -0.138. The van der Waals surface area contributed by atoms with E-state index in [1.165, 1.54) is 19.3 Å². The fraction of sp³-hybridized carbons (Fsp3) is 0.227. The van der Waals surface area contributed by atoms with Crippen LogP contribution in [0.3, 0.4) is 0 Å². The van der Waals surface area contributed by atoms with Crippen LogP contribution in [0.15, 0.2) is 54.1 Å². The minimum Gasteiger partial charge on any atom is -0.493 e. The van der Waals surface area contributed by atoms with Crippen molar-refractivity contribution in [3.05, 3.63) is 65.2 Å². The Morgan fingerprint density at radius 3 is 2.48 bits per heavy atom. The van der Waals surface area contributed by atoms with E-state index in [-0.39, 0.29) is 24.5 Å². The van der Waals surface area contributed by atoms with E-state index in [0.717, 1.165) is 5.56 Å². The molecule has 0 aliphatic heterocycles. The summed E-state index contributed by atoms with van der Waals surface area (Å²) in [5, 5.41) is 9.31. The second-order valence-electron chi connectivity index (χ2n) is 5.74. The maximum Gasteiger partial charge on any atom is 0.513 e. The van der Waals surface area contributed by atoms with Crippen LogP contribution in [-0.2, 0) is 20.7 Å². The molecule has 150 valence electrons. The molecule has 0 saturated carbocycles. The molecule has 0 atom stereocenters. The number of benzene rings is 2. The van der Waals surface area contributed by atoms with Crippen LogP contribution >= 0.6 is 0 Å². The highest BCUT2D eigenvalue weighted by molar-refractivity contribution is 5.98. The maximum absolute atomic E-state index is 12.2. The van der Waals surface area contributed by atoms with Crippen molar-refractivity contribution in [2.45, 2.75) is 13.3 Å². The van der Waals surface area contributed by atoms with Crippen LogP contribution in [0.2, 0.25) is 0 Å². The van der Waals surface area contributed by atoms with E-state index < -0.39 is 12.1 Å². The number of hydrogen-bond acceptors (Lipinski definition) is 7. The Bertz CT molecular complexity index is 915. The molecular formula is C22H21NO6. The third kappa shape index (κ3) is 6.70. The number of rotatable bonds is 8. The lowest BCUT2D eigenvalue weighted by Crippen LogP contribution is -2.11. The zero-order valence-corrected chi connectivity index (χ0v) is 16.2. The molecule has 29 heavy (non-hydrogen) atoms. The fourth-order valence-corrected chi connectivity index (χ4v) is 2.39. The molecule has 0 fully saturated rings. The molecule has 0 saturated heterocycles. The van der Waals surface area contributed by atoms with Crippen LogP contribution < -0.4 is 9.47 Å². The first kappa shape index (κ1) is 21.5. The highest BCUT2D eigenvalue weighted by Crippen LogP contribution is 2.29. The van der Waals surface area contributed by atoms with Crippen LogP contribution in [-0.4, -0.2) is 32.4 Å². The number of hydrogen-bond donors (Lipinski definition) is 0. The first-order valence-electron chi connectivity index (χ1n) is 8.92. The first-order valence-corrected chi connectivity index (χ1v) is 8.92. The second kappa shape index (κ2) is 11.1. The Morgan fingerprint density at radius 2 is 1.83 bits per heavy atom. The van der Waals surface area contributed by atoms with Gasteiger partial charge in [0, 0.05) is 6.42 Å². The van der Waals surface area contributed by atoms with E-state index in [0.29, 0.717) is 17.7 Å². The Kier molecular flexibility index (Phi) is 8.27. The van der Waals surface area contributed by atoms with Gasteiger partial charge >= 0.3 is 12.1 Å². The standard InChI is InChI=1S/C22H21NO6/c1-3-27-22(25)29-20-14-17(9-10-19(20)26-2)13-18(15-23)21(24)28-12-11-16-7-5-4-6-8-16/h4-10,13-14H,3,11-12H2,1-2H3/b18-13+. The van der Waals surface area contributed by atoms with Gasteiger partial charge in [0.1, 0.15) is 11.6 Å². The summed E-state index contributed by atoms with van der Waals surface area (Å²) in [7, 11) is 1.42. The summed E-state index contributed by atoms with van der Waals surface area (Å²) in [5.41, 5.74) is 1.31. The summed E-state index contributed by atoms with van der Waals surface area (Å²) >= 11 is 0. The Hall–Kier alpha value is -3.79. The summed E-state index contributed by atoms with van der Waals surface area (Å²) in [6, 6.07) is 16.0. The van der Waals surface area contributed by atoms with E-state index in [2.05, 4.69) is 0 Å². The minimum absolute atomic E-state index is 0.106. The molecule has 0 radical (unpaired) electrons. The van der Waals surface area contributed by atoms with Gasteiger partial charge in [-0.15, -0.1) is 0 Å². The van der Waals surface area contributed by atoms with Crippen LogP contribution in [0, 0.1) is 11.3 Å². The Balaban J connectivity index is 2.09. The molecule has 7 heteroatoms. The summed E-state index contributed by atoms with van der Waals surface area (Å²) in [6.45, 7) is 1.97. The average molecular weight is 395 g/mol. The predicted molar refractivity (Wildman–Crippen MR) is 105 cm³/mol. The zero-order valence-electron chi connectivity index (χ0n) is 16.2. The molecule has 0 N–H and O–H groups in total. The van der Waals surface area contributed by atoms with Crippen molar-refractivity contribution in [2.75, 3.05) is 20.3 Å². The summed E-state index contributed by atoms with van der Waals surface area (Å²) in [5.74, 6) is -0.319. The molecule has 0 aliphatic rings. The van der Waals surface area contributed by atoms with E-state index in [9.17, 15) is 14.9 Å². The zero-order chi connectivity index (χ0) is 21.1. The third-order valence-corrected chi connectivity index (χ3v) is 3.76. The molecule has 0 amide bonds. The SMILES string of the molecule is CCOC(=O)Oc1cc(/C=C(\C#N)C(=O)OCCc2ccccc2)ccc1OC. The highest BCUT2D eigenvalue weighted by atomic mass is 16.7. The quantitative estimate of drug-likeness (QED) is 0.289. The first-order chi connectivity index (χ1) is 14.1. The van der Waals surface area contributed by atoms with Crippen molar-refractivity contribution in [3.63, 3.8) is 0 Å². The topological polar surface area (TPSA) is 94.9 Å². The lowest BCUT2D eigenvalue weighted by Gasteiger charge is -2.10. The van der Waals surface area contributed by atoms with Gasteiger partial charge in [0.15, 0.2) is 11.5 Å². The van der Waals surface area contributed by atoms with Gasteiger partial charge in [-0.05, 0) is 36.3 Å². The highest BCUT2D eigenvalue weighted by Gasteiger charge is 2.14. The van der Waals surface area contributed by atoms with Crippen LogP contribution in [0.25, 0.3) is 6.08 Å². The van der Waals surface area contributed by atoms with Crippen molar-refractivity contribution in [2.24, 2.45) is 0 Å². The van der Waals surface area contributed by atoms with Crippen molar-refractivity contribution < 1.29 is 28.5 Å². The molecule has 0 aromatic heterocycles. The molecule has 2 aromatic rings.